The van der Waals surface area contributed by atoms with Crippen molar-refractivity contribution in [3.05, 3.63) is 47.5 Å². The lowest BCUT2D eigenvalue weighted by atomic mass is 10.0. The Kier molecular flexibility index (Phi) is 3.11. The molecule has 0 saturated carbocycles. The molecule has 0 spiro atoms. The van der Waals surface area contributed by atoms with Gasteiger partial charge in [-0.25, -0.2) is 4.79 Å². The standard InChI is InChI=1S/C13H11ClO2/c1-16-13(15)12-7-3-5-10-9(8-14)4-2-6-11(10)12/h2-7H,8H2,1H3. The fourth-order valence-electron chi connectivity index (χ4n) is 1.78. The predicted molar refractivity (Wildman–Crippen MR) is 64.8 cm³/mol. The van der Waals surface area contributed by atoms with E-state index in [1.54, 1.807) is 6.07 Å². The molecule has 2 aromatic rings. The second-order valence-corrected chi connectivity index (χ2v) is 3.71. The van der Waals surface area contributed by atoms with Crippen LogP contribution >= 0.6 is 11.6 Å². The molecule has 0 unspecified atom stereocenters. The van der Waals surface area contributed by atoms with E-state index >= 15 is 0 Å². The molecule has 3 heteroatoms. The minimum absolute atomic E-state index is 0.322. The summed E-state index contributed by atoms with van der Waals surface area (Å²) in [7, 11) is 1.38. The molecule has 0 radical (unpaired) electrons. The number of esters is 1. The van der Waals surface area contributed by atoms with Crippen LogP contribution in [0.1, 0.15) is 15.9 Å². The van der Waals surface area contributed by atoms with E-state index in [1.807, 2.05) is 30.3 Å². The van der Waals surface area contributed by atoms with Crippen LogP contribution in [0.3, 0.4) is 0 Å². The molecule has 0 amide bonds. The molecule has 2 nitrogen and oxygen atoms in total. The maximum Gasteiger partial charge on any atom is 0.338 e. The summed E-state index contributed by atoms with van der Waals surface area (Å²) in [5.41, 5.74) is 1.59. The van der Waals surface area contributed by atoms with E-state index in [1.165, 1.54) is 7.11 Å². The van der Waals surface area contributed by atoms with E-state index in [2.05, 4.69) is 0 Å². The first-order valence-corrected chi connectivity index (χ1v) is 5.46. The summed E-state index contributed by atoms with van der Waals surface area (Å²) in [4.78, 5) is 11.6. The minimum atomic E-state index is -0.322. The lowest BCUT2D eigenvalue weighted by Gasteiger charge is -2.07. The van der Waals surface area contributed by atoms with Crippen molar-refractivity contribution in [3.63, 3.8) is 0 Å². The summed E-state index contributed by atoms with van der Waals surface area (Å²) in [6.07, 6.45) is 0. The number of carbonyl (C=O) groups is 1. The third-order valence-corrected chi connectivity index (χ3v) is 2.85. The lowest BCUT2D eigenvalue weighted by molar-refractivity contribution is 0.0603. The van der Waals surface area contributed by atoms with Crippen LogP contribution in [-0.4, -0.2) is 13.1 Å². The molecule has 2 aromatic carbocycles. The number of fused-ring (bicyclic) bond motifs is 1. The smallest absolute Gasteiger partial charge is 0.338 e. The first-order chi connectivity index (χ1) is 7.77. The maximum atomic E-state index is 11.6. The average Bonchev–Trinajstić information content (AvgIpc) is 2.36. The molecule has 0 bridgehead atoms. The summed E-state index contributed by atoms with van der Waals surface area (Å²) < 4.78 is 4.75. The molecule has 0 heterocycles. The number of methoxy groups -OCH3 is 1. The minimum Gasteiger partial charge on any atom is -0.465 e. The van der Waals surface area contributed by atoms with Gasteiger partial charge in [-0.2, -0.15) is 0 Å². The average molecular weight is 235 g/mol. The van der Waals surface area contributed by atoms with Crippen molar-refractivity contribution in [2.45, 2.75) is 5.88 Å². The highest BCUT2D eigenvalue weighted by Gasteiger charge is 2.10. The first kappa shape index (κ1) is 11.0. The largest absolute Gasteiger partial charge is 0.465 e. The second kappa shape index (κ2) is 4.54. The molecule has 2 rings (SSSR count). The predicted octanol–water partition coefficient (Wildman–Crippen LogP) is 3.37. The Morgan fingerprint density at radius 2 is 1.88 bits per heavy atom. The third-order valence-electron chi connectivity index (χ3n) is 2.56. The van der Waals surface area contributed by atoms with Crippen molar-refractivity contribution < 1.29 is 9.53 Å². The van der Waals surface area contributed by atoms with Gasteiger partial charge in [0.1, 0.15) is 0 Å². The fraction of sp³-hybridized carbons (Fsp3) is 0.154. The van der Waals surface area contributed by atoms with Crippen molar-refractivity contribution in [2.24, 2.45) is 0 Å². The molecule has 0 atom stereocenters. The highest BCUT2D eigenvalue weighted by Crippen LogP contribution is 2.24. The zero-order valence-electron chi connectivity index (χ0n) is 8.87. The van der Waals surface area contributed by atoms with Crippen molar-refractivity contribution in [1.82, 2.24) is 0 Å². The Morgan fingerprint density at radius 1 is 1.19 bits per heavy atom. The molecule has 0 aromatic heterocycles. The second-order valence-electron chi connectivity index (χ2n) is 3.44. The van der Waals surface area contributed by atoms with Crippen molar-refractivity contribution >= 4 is 28.3 Å². The molecule has 82 valence electrons. The third kappa shape index (κ3) is 1.76. The van der Waals surface area contributed by atoms with Gasteiger partial charge in [0.25, 0.3) is 0 Å². The van der Waals surface area contributed by atoms with E-state index in [4.69, 9.17) is 16.3 Å². The summed E-state index contributed by atoms with van der Waals surface area (Å²) in [5, 5.41) is 1.88. The monoisotopic (exact) mass is 234 g/mol. The molecule has 0 N–H and O–H groups in total. The number of hydrogen-bond donors (Lipinski definition) is 0. The van der Waals surface area contributed by atoms with Gasteiger partial charge in [0, 0.05) is 5.88 Å². The van der Waals surface area contributed by atoms with Gasteiger partial charge in [-0.3, -0.25) is 0 Å². The highest BCUT2D eigenvalue weighted by atomic mass is 35.5. The van der Waals surface area contributed by atoms with E-state index in [9.17, 15) is 4.79 Å². The Hall–Kier alpha value is -1.54. The van der Waals surface area contributed by atoms with Gasteiger partial charge in [0.2, 0.25) is 0 Å². The topological polar surface area (TPSA) is 26.3 Å². The first-order valence-electron chi connectivity index (χ1n) is 4.93. The van der Waals surface area contributed by atoms with Gasteiger partial charge < -0.3 is 4.74 Å². The lowest BCUT2D eigenvalue weighted by Crippen LogP contribution is -2.02. The van der Waals surface area contributed by atoms with Gasteiger partial charge in [0.15, 0.2) is 0 Å². The van der Waals surface area contributed by atoms with Crippen LogP contribution in [0.15, 0.2) is 36.4 Å². The van der Waals surface area contributed by atoms with Gasteiger partial charge >= 0.3 is 5.97 Å². The Balaban J connectivity index is 2.73. The fourth-order valence-corrected chi connectivity index (χ4v) is 2.01. The molecule has 0 aliphatic heterocycles. The van der Waals surface area contributed by atoms with Crippen molar-refractivity contribution in [1.29, 1.82) is 0 Å². The zero-order valence-corrected chi connectivity index (χ0v) is 9.62. The molecule has 0 aliphatic rings. The maximum absolute atomic E-state index is 11.6. The molecule has 0 fully saturated rings. The summed E-state index contributed by atoms with van der Waals surface area (Å²) in [6.45, 7) is 0. The molecular formula is C13H11ClO2. The van der Waals surface area contributed by atoms with Crippen molar-refractivity contribution in [2.75, 3.05) is 7.11 Å². The quantitative estimate of drug-likeness (QED) is 0.588. The molecule has 0 aliphatic carbocycles. The van der Waals surface area contributed by atoms with Crippen LogP contribution in [0.2, 0.25) is 0 Å². The number of halogens is 1. The Morgan fingerprint density at radius 3 is 2.56 bits per heavy atom. The van der Waals surface area contributed by atoms with E-state index in [0.717, 1.165) is 16.3 Å². The van der Waals surface area contributed by atoms with Gasteiger partial charge in [0.05, 0.1) is 12.7 Å². The van der Waals surface area contributed by atoms with Crippen LogP contribution in [0.5, 0.6) is 0 Å². The number of alkyl halides is 1. The summed E-state index contributed by atoms with van der Waals surface area (Å²) >= 11 is 5.86. The summed E-state index contributed by atoms with van der Waals surface area (Å²) in [6, 6.07) is 11.3. The molecule has 0 saturated heterocycles. The number of hydrogen-bond acceptors (Lipinski definition) is 2. The normalized spacial score (nSPS) is 10.4. The highest BCUT2D eigenvalue weighted by molar-refractivity contribution is 6.18. The van der Waals surface area contributed by atoms with Gasteiger partial charge in [-0.05, 0) is 22.4 Å². The number of rotatable bonds is 2. The summed E-state index contributed by atoms with van der Waals surface area (Å²) in [5.74, 6) is 0.111. The van der Waals surface area contributed by atoms with E-state index in [-0.39, 0.29) is 5.97 Å². The van der Waals surface area contributed by atoms with Crippen LogP contribution in [0.25, 0.3) is 10.8 Å². The van der Waals surface area contributed by atoms with Gasteiger partial charge in [-0.1, -0.05) is 30.3 Å². The van der Waals surface area contributed by atoms with Crippen LogP contribution in [0.4, 0.5) is 0 Å². The van der Waals surface area contributed by atoms with Crippen LogP contribution < -0.4 is 0 Å². The Labute approximate surface area is 98.8 Å². The van der Waals surface area contributed by atoms with Crippen molar-refractivity contribution in [3.8, 4) is 0 Å². The number of ether oxygens (including phenoxy) is 1. The van der Waals surface area contributed by atoms with E-state index < -0.39 is 0 Å². The van der Waals surface area contributed by atoms with Crippen LogP contribution in [0, 0.1) is 0 Å². The van der Waals surface area contributed by atoms with Crippen LogP contribution in [-0.2, 0) is 10.6 Å². The molecule has 16 heavy (non-hydrogen) atoms. The molecular weight excluding hydrogens is 224 g/mol. The SMILES string of the molecule is COC(=O)c1cccc2c(CCl)cccc12. The van der Waals surface area contributed by atoms with Gasteiger partial charge in [-0.15, -0.1) is 11.6 Å². The number of benzene rings is 2. The zero-order chi connectivity index (χ0) is 11.5. The Bertz CT molecular complexity index is 534. The van der Waals surface area contributed by atoms with E-state index in [0.29, 0.717) is 11.4 Å². The number of carbonyl (C=O) groups excluding carboxylic acids is 1.